The standard InChI is InChI=1S/C6H12O7P2/c1-10-2-3-11-4-5-12-14(7)6-13-15(8)9/h6H,2-5H2,1H3/p+1. The minimum Gasteiger partial charge on any atom is -0.601 e. The molecule has 0 spiro atoms. The highest BCUT2D eigenvalue weighted by atomic mass is 31.1. The van der Waals surface area contributed by atoms with Gasteiger partial charge in [0.2, 0.25) is 0 Å². The molecule has 0 aliphatic heterocycles. The molecule has 15 heavy (non-hydrogen) atoms. The lowest BCUT2D eigenvalue weighted by Gasteiger charge is -2.01. The Labute approximate surface area is 89.4 Å². The lowest BCUT2D eigenvalue weighted by Crippen LogP contribution is -2.08. The van der Waals surface area contributed by atoms with Gasteiger partial charge in [-0.3, -0.25) is 0 Å². The lowest BCUT2D eigenvalue weighted by atomic mass is 10.7. The van der Waals surface area contributed by atoms with Crippen molar-refractivity contribution in [1.29, 1.82) is 0 Å². The smallest absolute Gasteiger partial charge is 0.601 e. The first-order chi connectivity index (χ1) is 7.16. The molecule has 0 saturated carbocycles. The van der Waals surface area contributed by atoms with Crippen LogP contribution in [0.15, 0.2) is 0 Å². The normalized spacial score (nSPS) is 13.0. The molecule has 0 radical (unpaired) electrons. The topological polar surface area (TPSA) is 97.3 Å². The minimum atomic E-state index is -2.78. The quantitative estimate of drug-likeness (QED) is 0.451. The van der Waals surface area contributed by atoms with E-state index in [1.807, 2.05) is 0 Å². The molecule has 0 fully saturated rings. The molecule has 0 amide bonds. The Bertz CT molecular complexity index is 208. The Morgan fingerprint density at radius 1 is 1.33 bits per heavy atom. The summed E-state index contributed by atoms with van der Waals surface area (Å²) in [6.45, 7) is 1.29. The summed E-state index contributed by atoms with van der Waals surface area (Å²) < 4.78 is 28.5. The van der Waals surface area contributed by atoms with Crippen molar-refractivity contribution >= 4 is 22.2 Å². The molecule has 0 aliphatic rings. The number of ether oxygens (including phenoxy) is 2. The zero-order chi connectivity index (χ0) is 11.5. The average molecular weight is 259 g/mol. The van der Waals surface area contributed by atoms with Gasteiger partial charge in [-0.2, -0.15) is 4.52 Å². The van der Waals surface area contributed by atoms with Gasteiger partial charge in [-0.1, -0.05) is 0 Å². The summed E-state index contributed by atoms with van der Waals surface area (Å²) in [6, 6.07) is 0. The molecule has 1 N–H and O–H groups in total. The maximum Gasteiger partial charge on any atom is 0.703 e. The van der Waals surface area contributed by atoms with E-state index in [0.717, 1.165) is 0 Å². The number of rotatable bonds is 9. The fourth-order valence-electron chi connectivity index (χ4n) is 0.540. The van der Waals surface area contributed by atoms with Crippen LogP contribution in [0.25, 0.3) is 0 Å². The van der Waals surface area contributed by atoms with Crippen LogP contribution in [0.2, 0.25) is 0 Å². The molecule has 2 atom stereocenters. The molecular weight excluding hydrogens is 246 g/mol. The summed E-state index contributed by atoms with van der Waals surface area (Å²) in [6.07, 6.45) is 0. The number of methoxy groups -OCH3 is 1. The zero-order valence-electron chi connectivity index (χ0n) is 8.20. The van der Waals surface area contributed by atoms with Gasteiger partial charge < -0.3 is 14.4 Å². The molecular formula is C6H13O7P2+. The Morgan fingerprint density at radius 2 is 2.00 bits per heavy atom. The van der Waals surface area contributed by atoms with Crippen molar-refractivity contribution in [1.82, 2.24) is 0 Å². The summed E-state index contributed by atoms with van der Waals surface area (Å²) in [4.78, 5) is 19.1. The van der Waals surface area contributed by atoms with Gasteiger partial charge in [0.15, 0.2) is 0 Å². The van der Waals surface area contributed by atoms with Gasteiger partial charge in [0.05, 0.1) is 19.8 Å². The van der Waals surface area contributed by atoms with Crippen LogP contribution in [-0.2, 0) is 23.1 Å². The highest BCUT2D eigenvalue weighted by Crippen LogP contribution is 2.18. The highest BCUT2D eigenvalue weighted by molar-refractivity contribution is 7.45. The first-order valence-electron chi connectivity index (χ1n) is 3.99. The van der Waals surface area contributed by atoms with Crippen molar-refractivity contribution in [2.45, 2.75) is 0 Å². The van der Waals surface area contributed by atoms with Crippen LogP contribution in [0.1, 0.15) is 0 Å². The summed E-state index contributed by atoms with van der Waals surface area (Å²) in [7, 11) is -3.41. The van der Waals surface area contributed by atoms with Crippen molar-refractivity contribution in [3.63, 3.8) is 0 Å². The predicted molar refractivity (Wildman–Crippen MR) is 52.5 cm³/mol. The molecule has 0 aromatic rings. The predicted octanol–water partition coefficient (Wildman–Crippen LogP) is -0.236. The van der Waals surface area contributed by atoms with E-state index in [2.05, 4.69) is 4.52 Å². The van der Waals surface area contributed by atoms with Crippen LogP contribution in [-0.4, -0.2) is 44.4 Å². The molecule has 0 aliphatic carbocycles. The van der Waals surface area contributed by atoms with Crippen LogP contribution in [0.3, 0.4) is 0 Å². The fourth-order valence-corrected chi connectivity index (χ4v) is 1.49. The molecule has 0 heterocycles. The van der Waals surface area contributed by atoms with Crippen molar-refractivity contribution in [2.24, 2.45) is 0 Å². The van der Waals surface area contributed by atoms with E-state index in [1.54, 1.807) is 7.11 Å². The van der Waals surface area contributed by atoms with E-state index in [9.17, 15) is 9.46 Å². The van der Waals surface area contributed by atoms with Crippen LogP contribution >= 0.6 is 16.3 Å². The van der Waals surface area contributed by atoms with Gasteiger partial charge in [0.25, 0.3) is 14.0 Å². The van der Waals surface area contributed by atoms with E-state index < -0.39 is 16.3 Å². The molecule has 0 saturated heterocycles. The lowest BCUT2D eigenvalue weighted by molar-refractivity contribution is -0.173. The van der Waals surface area contributed by atoms with Crippen LogP contribution in [0.5, 0.6) is 0 Å². The molecule has 0 rings (SSSR count). The summed E-state index contributed by atoms with van der Waals surface area (Å²) in [5, 5.41) is 0. The molecule has 2 unspecified atom stereocenters. The van der Waals surface area contributed by atoms with Gasteiger partial charge in [-0.15, -0.1) is 4.89 Å². The second kappa shape index (κ2) is 10.5. The van der Waals surface area contributed by atoms with Gasteiger partial charge in [-0.25, -0.2) is 0 Å². The van der Waals surface area contributed by atoms with E-state index in [4.69, 9.17) is 18.9 Å². The SMILES string of the molecule is COCCOCCO[P+]([O-])=CO[P+](=O)O. The Morgan fingerprint density at radius 3 is 2.60 bits per heavy atom. The third kappa shape index (κ3) is 12.0. The van der Waals surface area contributed by atoms with Crippen LogP contribution in [0.4, 0.5) is 0 Å². The minimum absolute atomic E-state index is 0.112. The summed E-state index contributed by atoms with van der Waals surface area (Å²) in [5.74, 6) is 0.684. The Balaban J connectivity index is 3.34. The largest absolute Gasteiger partial charge is 0.703 e. The Kier molecular flexibility index (Phi) is 10.6. The van der Waals surface area contributed by atoms with Gasteiger partial charge in [-0.05, 0) is 4.52 Å². The number of hydrogen-bond donors (Lipinski definition) is 1. The molecule has 0 aromatic carbocycles. The summed E-state index contributed by atoms with van der Waals surface area (Å²) in [5.41, 5.74) is 0. The van der Waals surface area contributed by atoms with Crippen molar-refractivity contribution in [2.75, 3.05) is 33.5 Å². The maximum absolute atomic E-state index is 10.9. The van der Waals surface area contributed by atoms with E-state index in [0.29, 0.717) is 19.2 Å². The van der Waals surface area contributed by atoms with Crippen molar-refractivity contribution in [3.05, 3.63) is 0 Å². The highest BCUT2D eigenvalue weighted by Gasteiger charge is 2.13. The zero-order valence-corrected chi connectivity index (χ0v) is 9.99. The van der Waals surface area contributed by atoms with E-state index >= 15 is 0 Å². The molecule has 9 heteroatoms. The molecule has 0 aromatic heterocycles. The maximum atomic E-state index is 10.9. The summed E-state index contributed by atoms with van der Waals surface area (Å²) >= 11 is 0. The molecule has 0 bridgehead atoms. The second-order valence-corrected chi connectivity index (χ2v) is 3.90. The van der Waals surface area contributed by atoms with E-state index in [1.165, 1.54) is 0 Å². The average Bonchev–Trinajstić information content (AvgIpc) is 2.20. The van der Waals surface area contributed by atoms with Crippen molar-refractivity contribution in [3.8, 4) is 0 Å². The third-order valence-corrected chi connectivity index (χ3v) is 2.27. The Hall–Kier alpha value is 0.0300. The van der Waals surface area contributed by atoms with Gasteiger partial charge >= 0.3 is 8.25 Å². The van der Waals surface area contributed by atoms with Crippen molar-refractivity contribution < 1.29 is 32.9 Å². The van der Waals surface area contributed by atoms with Gasteiger partial charge in [0.1, 0.15) is 6.61 Å². The third-order valence-electron chi connectivity index (χ3n) is 1.10. The fraction of sp³-hybridized carbons (Fsp3) is 0.833. The van der Waals surface area contributed by atoms with Crippen LogP contribution < -0.4 is 4.89 Å². The first-order valence-corrected chi connectivity index (χ1v) is 6.36. The van der Waals surface area contributed by atoms with Crippen LogP contribution in [0, 0.1) is 0 Å². The van der Waals surface area contributed by atoms with E-state index in [-0.39, 0.29) is 13.2 Å². The first kappa shape index (κ1) is 15.0. The monoisotopic (exact) mass is 259 g/mol. The molecule has 7 nitrogen and oxygen atoms in total. The second-order valence-electron chi connectivity index (χ2n) is 2.17. The molecule has 88 valence electrons. The number of hydrogen-bond acceptors (Lipinski definition) is 6. The van der Waals surface area contributed by atoms with Gasteiger partial charge in [0, 0.05) is 11.7 Å².